The summed E-state index contributed by atoms with van der Waals surface area (Å²) in [7, 11) is 0. The Kier molecular flexibility index (Phi) is 7.04. The first-order valence-electron chi connectivity index (χ1n) is 10.8. The zero-order valence-corrected chi connectivity index (χ0v) is 18.3. The Labute approximate surface area is 185 Å². The molecule has 2 amide bonds. The predicted molar refractivity (Wildman–Crippen MR) is 114 cm³/mol. The van der Waals surface area contributed by atoms with Crippen LogP contribution in [-0.2, 0) is 6.18 Å². The van der Waals surface area contributed by atoms with Gasteiger partial charge in [0.25, 0.3) is 0 Å². The second-order valence-corrected chi connectivity index (χ2v) is 9.00. The van der Waals surface area contributed by atoms with Crippen LogP contribution in [-0.4, -0.2) is 37.5 Å². The lowest BCUT2D eigenvalue weighted by Gasteiger charge is -2.59. The summed E-state index contributed by atoms with van der Waals surface area (Å²) in [6.45, 7) is 5.44. The van der Waals surface area contributed by atoms with Crippen LogP contribution in [0.3, 0.4) is 0 Å². The molecule has 2 fully saturated rings. The Balaban J connectivity index is 1.67. The van der Waals surface area contributed by atoms with Gasteiger partial charge in [-0.25, -0.2) is 9.18 Å². The quantitative estimate of drug-likeness (QED) is 0.203. The van der Waals surface area contributed by atoms with E-state index in [0.717, 1.165) is 38.3 Å². The Morgan fingerprint density at radius 3 is 2.62 bits per heavy atom. The Morgan fingerprint density at radius 1 is 1.31 bits per heavy atom. The van der Waals surface area contributed by atoms with E-state index in [1.807, 2.05) is 6.92 Å². The summed E-state index contributed by atoms with van der Waals surface area (Å²) in [6.07, 6.45) is -2.03. The van der Waals surface area contributed by atoms with Crippen LogP contribution in [0.25, 0.3) is 0 Å². The fourth-order valence-electron chi connectivity index (χ4n) is 5.32. The molecule has 1 heterocycles. The first-order chi connectivity index (χ1) is 15.0. The third-order valence-corrected chi connectivity index (χ3v) is 7.30. The van der Waals surface area contributed by atoms with Crippen LogP contribution in [0.2, 0.25) is 0 Å². The molecule has 0 radical (unpaired) electrons. The van der Waals surface area contributed by atoms with Crippen LogP contribution in [0.1, 0.15) is 45.1 Å². The van der Waals surface area contributed by atoms with Gasteiger partial charge in [-0.2, -0.15) is 13.2 Å². The standard InChI is InChI=1S/C21H32F4N6O/c1-12-20(16(27)28-10-4-3-9-26)8-7-19(20,2)17(29-12)31-18(32)30-13-5-6-15(22)14(11-13)21(23,24)25/h5-6,11-12,16-17,28-29H,3-4,7-10,26-27H2,1-2H3,(H2,30,31,32)/t12?,16?,17?,19-,20?/m1/s1. The largest absolute Gasteiger partial charge is 0.419 e. The molecule has 1 saturated heterocycles. The topological polar surface area (TPSA) is 117 Å². The van der Waals surface area contributed by atoms with Crippen molar-refractivity contribution in [1.82, 2.24) is 16.0 Å². The number of carbonyl (C=O) groups excluding carboxylic acids is 1. The maximum Gasteiger partial charge on any atom is 0.419 e. The highest BCUT2D eigenvalue weighted by Crippen LogP contribution is 2.64. The van der Waals surface area contributed by atoms with Crippen molar-refractivity contribution in [3.05, 3.63) is 29.6 Å². The monoisotopic (exact) mass is 460 g/mol. The number of benzene rings is 1. The van der Waals surface area contributed by atoms with Crippen LogP contribution < -0.4 is 32.7 Å². The van der Waals surface area contributed by atoms with Gasteiger partial charge in [-0.1, -0.05) is 6.92 Å². The molecular weight excluding hydrogens is 428 g/mol. The van der Waals surface area contributed by atoms with Gasteiger partial charge in [-0.15, -0.1) is 0 Å². The molecule has 11 heteroatoms. The van der Waals surface area contributed by atoms with Crippen molar-refractivity contribution in [3.8, 4) is 0 Å². The number of alkyl halides is 3. The lowest BCUT2D eigenvalue weighted by atomic mass is 9.47. The maximum atomic E-state index is 13.5. The van der Waals surface area contributed by atoms with Crippen molar-refractivity contribution in [1.29, 1.82) is 0 Å². The van der Waals surface area contributed by atoms with Gasteiger partial charge in [0.15, 0.2) is 0 Å². The number of nitrogens with two attached hydrogens (primary N) is 2. The average molecular weight is 461 g/mol. The zero-order valence-electron chi connectivity index (χ0n) is 18.3. The highest BCUT2D eigenvalue weighted by atomic mass is 19.4. The molecule has 4 unspecified atom stereocenters. The molecule has 32 heavy (non-hydrogen) atoms. The van der Waals surface area contributed by atoms with Crippen LogP contribution in [0.4, 0.5) is 28.0 Å². The number of nitrogens with one attached hydrogen (secondary N) is 4. The first kappa shape index (κ1) is 24.7. The molecule has 1 saturated carbocycles. The summed E-state index contributed by atoms with van der Waals surface area (Å²) in [5.41, 5.74) is 9.88. The van der Waals surface area contributed by atoms with Gasteiger partial charge < -0.3 is 27.4 Å². The summed E-state index contributed by atoms with van der Waals surface area (Å²) >= 11 is 0. The molecule has 2 aliphatic rings. The van der Waals surface area contributed by atoms with E-state index >= 15 is 0 Å². The second-order valence-electron chi connectivity index (χ2n) is 9.00. The minimum Gasteiger partial charge on any atom is -0.330 e. The minimum absolute atomic E-state index is 0.00575. The molecule has 3 rings (SSSR count). The van der Waals surface area contributed by atoms with E-state index in [1.165, 1.54) is 0 Å². The third-order valence-electron chi connectivity index (χ3n) is 7.30. The summed E-state index contributed by atoms with van der Waals surface area (Å²) in [4.78, 5) is 12.6. The molecule has 7 nitrogen and oxygen atoms in total. The van der Waals surface area contributed by atoms with Crippen molar-refractivity contribution in [2.45, 2.75) is 64.1 Å². The van der Waals surface area contributed by atoms with E-state index < -0.39 is 29.8 Å². The average Bonchev–Trinajstić information content (AvgIpc) is 2.83. The van der Waals surface area contributed by atoms with Gasteiger partial charge in [0.05, 0.1) is 17.9 Å². The SMILES string of the molecule is CC1NC(NC(=O)Nc2ccc(F)c(C(F)(F)F)c2)[C@@]2(C)CCC12C(N)NCCCCN. The van der Waals surface area contributed by atoms with E-state index in [2.05, 4.69) is 28.2 Å². The first-order valence-corrected chi connectivity index (χ1v) is 10.8. The minimum atomic E-state index is -4.85. The number of hydrogen-bond donors (Lipinski definition) is 6. The van der Waals surface area contributed by atoms with E-state index in [9.17, 15) is 22.4 Å². The number of carbonyl (C=O) groups is 1. The predicted octanol–water partition coefficient (Wildman–Crippen LogP) is 2.68. The summed E-state index contributed by atoms with van der Waals surface area (Å²) in [6, 6.07) is 1.68. The third kappa shape index (κ3) is 4.30. The summed E-state index contributed by atoms with van der Waals surface area (Å²) in [5, 5.41) is 12.0. The molecule has 1 aliphatic carbocycles. The number of rotatable bonds is 8. The van der Waals surface area contributed by atoms with Gasteiger partial charge >= 0.3 is 12.2 Å². The summed E-state index contributed by atoms with van der Waals surface area (Å²) in [5.74, 6) is -1.39. The van der Waals surface area contributed by atoms with E-state index in [0.29, 0.717) is 18.7 Å². The van der Waals surface area contributed by atoms with Crippen molar-refractivity contribution < 1.29 is 22.4 Å². The molecule has 5 atom stereocenters. The highest BCUT2D eigenvalue weighted by molar-refractivity contribution is 5.89. The molecule has 1 aromatic carbocycles. The van der Waals surface area contributed by atoms with Gasteiger partial charge in [-0.3, -0.25) is 5.32 Å². The fraction of sp³-hybridized carbons (Fsp3) is 0.667. The van der Waals surface area contributed by atoms with Crippen molar-refractivity contribution in [2.24, 2.45) is 22.3 Å². The number of halogens is 4. The Morgan fingerprint density at radius 2 is 2.03 bits per heavy atom. The van der Waals surface area contributed by atoms with Gasteiger partial charge in [0.2, 0.25) is 0 Å². The molecule has 0 aromatic heterocycles. The van der Waals surface area contributed by atoms with E-state index in [-0.39, 0.29) is 28.7 Å². The second kappa shape index (κ2) is 9.12. The lowest BCUT2D eigenvalue weighted by Crippen LogP contribution is -2.68. The number of anilines is 1. The molecule has 1 aliphatic heterocycles. The molecule has 8 N–H and O–H groups in total. The van der Waals surface area contributed by atoms with E-state index in [1.54, 1.807) is 0 Å². The van der Waals surface area contributed by atoms with Gasteiger partial charge in [0, 0.05) is 22.6 Å². The zero-order chi connectivity index (χ0) is 23.7. The number of fused-ring (bicyclic) bond motifs is 1. The maximum absolute atomic E-state index is 13.5. The van der Waals surface area contributed by atoms with Crippen LogP contribution >= 0.6 is 0 Å². The van der Waals surface area contributed by atoms with Crippen molar-refractivity contribution in [3.63, 3.8) is 0 Å². The fourth-order valence-corrected chi connectivity index (χ4v) is 5.32. The number of urea groups is 1. The molecule has 0 spiro atoms. The number of amides is 2. The van der Waals surface area contributed by atoms with Crippen LogP contribution in [0.5, 0.6) is 0 Å². The van der Waals surface area contributed by atoms with Crippen LogP contribution in [0, 0.1) is 16.6 Å². The van der Waals surface area contributed by atoms with Crippen LogP contribution in [0.15, 0.2) is 18.2 Å². The van der Waals surface area contributed by atoms with Crippen molar-refractivity contribution >= 4 is 11.7 Å². The molecule has 1 aromatic rings. The Bertz CT molecular complexity index is 837. The summed E-state index contributed by atoms with van der Waals surface area (Å²) < 4.78 is 52.3. The molecular formula is C21H32F4N6O. The van der Waals surface area contributed by atoms with Crippen molar-refractivity contribution in [2.75, 3.05) is 18.4 Å². The van der Waals surface area contributed by atoms with Gasteiger partial charge in [-0.05, 0) is 63.9 Å². The molecule has 0 bridgehead atoms. The van der Waals surface area contributed by atoms with E-state index in [4.69, 9.17) is 11.5 Å². The number of unbranched alkanes of at least 4 members (excludes halogenated alkanes) is 1. The molecule has 180 valence electrons. The smallest absolute Gasteiger partial charge is 0.330 e. The van der Waals surface area contributed by atoms with Gasteiger partial charge in [0.1, 0.15) is 5.82 Å². The normalized spacial score (nSPS) is 30.4. The Hall–Kier alpha value is -1.95. The lowest BCUT2D eigenvalue weighted by molar-refractivity contribution is -0.139. The number of hydrogen-bond acceptors (Lipinski definition) is 5. The highest BCUT2D eigenvalue weighted by Gasteiger charge is 2.69.